The molecule has 106 valence electrons. The predicted octanol–water partition coefficient (Wildman–Crippen LogP) is 1.40. The van der Waals surface area contributed by atoms with Crippen molar-refractivity contribution in [1.82, 2.24) is 14.9 Å². The molecule has 0 aliphatic rings. The van der Waals surface area contributed by atoms with Crippen molar-refractivity contribution < 1.29 is 9.53 Å². The first kappa shape index (κ1) is 15.2. The van der Waals surface area contributed by atoms with Gasteiger partial charge in [0.25, 0.3) is 0 Å². The number of rotatable bonds is 6. The van der Waals surface area contributed by atoms with E-state index in [2.05, 4.69) is 29.1 Å². The van der Waals surface area contributed by atoms with Gasteiger partial charge in [-0.1, -0.05) is 13.8 Å². The van der Waals surface area contributed by atoms with Crippen LogP contribution in [0, 0.1) is 5.92 Å². The zero-order chi connectivity index (χ0) is 14.4. The number of hydrogen-bond acceptors (Lipinski definition) is 5. The fourth-order valence-electron chi connectivity index (χ4n) is 1.41. The van der Waals surface area contributed by atoms with E-state index in [0.717, 1.165) is 0 Å². The van der Waals surface area contributed by atoms with Gasteiger partial charge in [0.15, 0.2) is 0 Å². The van der Waals surface area contributed by atoms with Crippen LogP contribution in [0.15, 0.2) is 12.4 Å². The van der Waals surface area contributed by atoms with Crippen molar-refractivity contribution in [3.05, 3.63) is 12.4 Å². The van der Waals surface area contributed by atoms with Crippen LogP contribution in [0.5, 0.6) is 5.88 Å². The van der Waals surface area contributed by atoms with Gasteiger partial charge in [-0.25, -0.2) is 0 Å². The van der Waals surface area contributed by atoms with Gasteiger partial charge >= 0.3 is 0 Å². The average molecular weight is 266 g/mol. The molecule has 0 aromatic carbocycles. The molecule has 0 spiro atoms. The Labute approximate surface area is 114 Å². The molecule has 0 unspecified atom stereocenters. The van der Waals surface area contributed by atoms with E-state index in [1.165, 1.54) is 4.90 Å². The largest absolute Gasteiger partial charge is 0.476 e. The lowest BCUT2D eigenvalue weighted by Crippen LogP contribution is -2.36. The van der Waals surface area contributed by atoms with Gasteiger partial charge in [-0.05, 0) is 12.8 Å². The number of aromatic nitrogens is 2. The summed E-state index contributed by atoms with van der Waals surface area (Å²) in [5, 5.41) is 3.01. The number of nitrogens with one attached hydrogen (secondary N) is 1. The average Bonchev–Trinajstić information content (AvgIpc) is 2.35. The summed E-state index contributed by atoms with van der Waals surface area (Å²) in [5.41, 5.74) is 0. The van der Waals surface area contributed by atoms with E-state index in [1.807, 2.05) is 0 Å². The smallest absolute Gasteiger partial charge is 0.244 e. The lowest BCUT2D eigenvalue weighted by atomic mass is 10.2. The molecule has 0 aliphatic carbocycles. The summed E-state index contributed by atoms with van der Waals surface area (Å²) in [7, 11) is 3.43. The summed E-state index contributed by atoms with van der Waals surface area (Å²) in [6.07, 6.45) is 3.13. The molecule has 1 rings (SSSR count). The first-order valence-corrected chi connectivity index (χ1v) is 6.32. The molecule has 6 heteroatoms. The van der Waals surface area contributed by atoms with E-state index >= 15 is 0 Å². The van der Waals surface area contributed by atoms with Gasteiger partial charge in [-0.15, -0.1) is 0 Å². The highest BCUT2D eigenvalue weighted by atomic mass is 16.5. The molecule has 0 radical (unpaired) electrons. The molecule has 1 aromatic heterocycles. The number of likely N-dealkylation sites (N-methyl/N-ethyl adjacent to an activating group) is 1. The summed E-state index contributed by atoms with van der Waals surface area (Å²) in [6.45, 7) is 6.50. The lowest BCUT2D eigenvalue weighted by molar-refractivity contribution is -0.129. The topological polar surface area (TPSA) is 67.3 Å². The highest BCUT2D eigenvalue weighted by Gasteiger charge is 2.15. The van der Waals surface area contributed by atoms with Crippen LogP contribution >= 0.6 is 0 Å². The minimum absolute atomic E-state index is 0.0182. The van der Waals surface area contributed by atoms with Crippen molar-refractivity contribution in [3.63, 3.8) is 0 Å². The molecule has 6 nitrogen and oxygen atoms in total. The first-order chi connectivity index (χ1) is 8.90. The summed E-state index contributed by atoms with van der Waals surface area (Å²) >= 11 is 0. The number of hydrogen-bond donors (Lipinski definition) is 1. The van der Waals surface area contributed by atoms with Crippen LogP contribution in [0.3, 0.4) is 0 Å². The van der Waals surface area contributed by atoms with E-state index in [-0.39, 0.29) is 11.9 Å². The number of nitrogens with zero attached hydrogens (tertiary/aromatic N) is 3. The van der Waals surface area contributed by atoms with Gasteiger partial charge in [0.1, 0.15) is 11.9 Å². The van der Waals surface area contributed by atoms with E-state index < -0.39 is 0 Å². The standard InChI is InChI=1S/C13H22N4O2/c1-9(2)8-19-12-7-14-6-11(16-12)15-10(3)13(18)17(4)5/h6-7,9-10H,8H2,1-5H3,(H,15,16)/t10-/m0/s1. The zero-order valence-corrected chi connectivity index (χ0v) is 12.2. The maximum absolute atomic E-state index is 11.7. The third kappa shape index (κ3) is 5.11. The summed E-state index contributed by atoms with van der Waals surface area (Å²) in [4.78, 5) is 21.6. The molecule has 1 N–H and O–H groups in total. The maximum atomic E-state index is 11.7. The van der Waals surface area contributed by atoms with Gasteiger partial charge in [-0.2, -0.15) is 4.98 Å². The Hall–Kier alpha value is -1.85. The van der Waals surface area contributed by atoms with Crippen molar-refractivity contribution in [1.29, 1.82) is 0 Å². The molecule has 1 amide bonds. The number of carbonyl (C=O) groups excluding carboxylic acids is 1. The van der Waals surface area contributed by atoms with E-state index in [0.29, 0.717) is 24.2 Å². The van der Waals surface area contributed by atoms with Crippen LogP contribution < -0.4 is 10.1 Å². The quantitative estimate of drug-likeness (QED) is 0.843. The van der Waals surface area contributed by atoms with E-state index in [1.54, 1.807) is 33.4 Å². The Morgan fingerprint density at radius 3 is 2.63 bits per heavy atom. The van der Waals surface area contributed by atoms with Crippen LogP contribution in [0.25, 0.3) is 0 Å². The number of amides is 1. The van der Waals surface area contributed by atoms with Crippen LogP contribution in [0.2, 0.25) is 0 Å². The third-order valence-corrected chi connectivity index (χ3v) is 2.35. The second-order valence-corrected chi connectivity index (χ2v) is 5.05. The minimum atomic E-state index is -0.357. The molecule has 1 heterocycles. The van der Waals surface area contributed by atoms with E-state index in [4.69, 9.17) is 4.74 Å². The van der Waals surface area contributed by atoms with Gasteiger partial charge in [0.2, 0.25) is 11.8 Å². The molecule has 0 bridgehead atoms. The van der Waals surface area contributed by atoms with Crippen LogP contribution in [-0.2, 0) is 4.79 Å². The van der Waals surface area contributed by atoms with Crippen molar-refractivity contribution in [2.45, 2.75) is 26.8 Å². The molecule has 0 aliphatic heterocycles. The summed E-state index contributed by atoms with van der Waals surface area (Å²) in [5.74, 6) is 1.40. The zero-order valence-electron chi connectivity index (χ0n) is 12.2. The maximum Gasteiger partial charge on any atom is 0.244 e. The van der Waals surface area contributed by atoms with Gasteiger partial charge < -0.3 is 15.0 Å². The van der Waals surface area contributed by atoms with Gasteiger partial charge in [-0.3, -0.25) is 9.78 Å². The minimum Gasteiger partial charge on any atom is -0.476 e. The highest BCUT2D eigenvalue weighted by Crippen LogP contribution is 2.11. The normalized spacial score (nSPS) is 12.1. The van der Waals surface area contributed by atoms with Crippen molar-refractivity contribution >= 4 is 11.7 Å². The second-order valence-electron chi connectivity index (χ2n) is 5.05. The van der Waals surface area contributed by atoms with Gasteiger partial charge in [0.05, 0.1) is 19.0 Å². The fourth-order valence-corrected chi connectivity index (χ4v) is 1.41. The fraction of sp³-hybridized carbons (Fsp3) is 0.615. The van der Waals surface area contributed by atoms with E-state index in [9.17, 15) is 4.79 Å². The third-order valence-electron chi connectivity index (χ3n) is 2.35. The molecule has 0 saturated carbocycles. The molecule has 1 aromatic rings. The molecule has 0 fully saturated rings. The SMILES string of the molecule is CC(C)COc1cncc(N[C@@H](C)C(=O)N(C)C)n1. The molecule has 0 saturated heterocycles. The second kappa shape index (κ2) is 6.92. The molecular weight excluding hydrogens is 244 g/mol. The Morgan fingerprint density at radius 1 is 1.37 bits per heavy atom. The first-order valence-electron chi connectivity index (χ1n) is 6.32. The predicted molar refractivity (Wildman–Crippen MR) is 74.1 cm³/mol. The molecule has 19 heavy (non-hydrogen) atoms. The van der Waals surface area contributed by atoms with Crippen LogP contribution in [0.4, 0.5) is 5.82 Å². The lowest BCUT2D eigenvalue weighted by Gasteiger charge is -2.18. The highest BCUT2D eigenvalue weighted by molar-refractivity contribution is 5.83. The van der Waals surface area contributed by atoms with Gasteiger partial charge in [0, 0.05) is 14.1 Å². The number of anilines is 1. The number of ether oxygens (including phenoxy) is 1. The van der Waals surface area contributed by atoms with Crippen LogP contribution in [0.1, 0.15) is 20.8 Å². The van der Waals surface area contributed by atoms with Crippen molar-refractivity contribution in [2.24, 2.45) is 5.92 Å². The number of carbonyl (C=O) groups is 1. The monoisotopic (exact) mass is 266 g/mol. The molecule has 1 atom stereocenters. The van der Waals surface area contributed by atoms with Crippen molar-refractivity contribution in [2.75, 3.05) is 26.0 Å². The Kier molecular flexibility index (Phi) is 5.54. The Balaban J connectivity index is 2.64. The van der Waals surface area contributed by atoms with Crippen molar-refractivity contribution in [3.8, 4) is 5.88 Å². The summed E-state index contributed by atoms with van der Waals surface area (Å²) in [6, 6.07) is -0.357. The van der Waals surface area contributed by atoms with Crippen LogP contribution in [-0.4, -0.2) is 47.5 Å². The molecular formula is C13H22N4O2. The Bertz CT molecular complexity index is 421. The summed E-state index contributed by atoms with van der Waals surface area (Å²) < 4.78 is 5.49. The Morgan fingerprint density at radius 2 is 2.05 bits per heavy atom.